The fraction of sp³-hybridized carbons (Fsp3) is 0.628. The molecule has 3 saturated heterocycles. The third kappa shape index (κ3) is 9.51. The van der Waals surface area contributed by atoms with Gasteiger partial charge in [-0.1, -0.05) is 51.1 Å². The quantitative estimate of drug-likeness (QED) is 0.101. The number of hydrogen-bond donors (Lipinski definition) is 3. The van der Waals surface area contributed by atoms with E-state index in [4.69, 9.17) is 28.9 Å². The highest BCUT2D eigenvalue weighted by Crippen LogP contribution is 2.41. The van der Waals surface area contributed by atoms with Crippen LogP contribution < -0.4 is 5.32 Å². The van der Waals surface area contributed by atoms with Crippen molar-refractivity contribution in [3.8, 4) is 0 Å². The predicted octanol–water partition coefficient (Wildman–Crippen LogP) is 5.01. The number of carbonyl (C=O) groups excluding carboxylic acids is 4. The third-order valence-corrected chi connectivity index (χ3v) is 12.2. The first kappa shape index (κ1) is 45.7. The Morgan fingerprint density at radius 3 is 2.42 bits per heavy atom. The average molecular weight is 827 g/mol. The summed E-state index contributed by atoms with van der Waals surface area (Å²) in [5.41, 5.74) is -4.24. The number of hydrogen-bond acceptors (Lipinski definition) is 14. The molecule has 3 fully saturated rings. The van der Waals surface area contributed by atoms with Crippen LogP contribution >= 0.6 is 0 Å². The van der Waals surface area contributed by atoms with E-state index < -0.39 is 89.2 Å². The minimum atomic E-state index is -3.21. The molecule has 1 aromatic carbocycles. The highest BCUT2D eigenvalue weighted by molar-refractivity contribution is 6.08. The van der Waals surface area contributed by atoms with Crippen LogP contribution in [0.5, 0.6) is 0 Å². The number of rotatable bonds is 9. The maximum atomic E-state index is 16.9. The average Bonchev–Trinajstić information content (AvgIpc) is 3.50. The molecule has 4 heterocycles. The molecule has 324 valence electrons. The van der Waals surface area contributed by atoms with E-state index in [1.165, 1.54) is 20.1 Å². The van der Waals surface area contributed by atoms with Crippen LogP contribution in [0.15, 0.2) is 41.7 Å². The van der Waals surface area contributed by atoms with Crippen LogP contribution in [0.3, 0.4) is 0 Å². The van der Waals surface area contributed by atoms with Crippen LogP contribution in [-0.4, -0.2) is 130 Å². The number of ether oxygens (including phenoxy) is 5. The normalized spacial score (nSPS) is 37.7. The van der Waals surface area contributed by atoms with Gasteiger partial charge in [0, 0.05) is 35.4 Å². The summed E-state index contributed by atoms with van der Waals surface area (Å²) in [6.45, 7) is 12.2. The summed E-state index contributed by atoms with van der Waals surface area (Å²) in [7, 11) is 3.63. The zero-order valence-corrected chi connectivity index (χ0v) is 35.5. The Kier molecular flexibility index (Phi) is 14.0. The second kappa shape index (κ2) is 18.1. The molecule has 15 nitrogen and oxygen atoms in total. The zero-order chi connectivity index (χ0) is 43.6. The minimum Gasteiger partial charge on any atom is -0.455 e. The molecule has 16 heteroatoms. The maximum Gasteiger partial charge on any atom is 0.408 e. The van der Waals surface area contributed by atoms with Gasteiger partial charge < -0.3 is 44.2 Å². The minimum absolute atomic E-state index is 0.0609. The molecule has 0 aliphatic carbocycles. The number of oxime groups is 1. The van der Waals surface area contributed by atoms with Crippen molar-refractivity contribution in [2.75, 3.05) is 20.7 Å². The number of alkyl carbamates (subject to hydrolysis) is 1. The van der Waals surface area contributed by atoms with Crippen molar-refractivity contribution in [1.29, 1.82) is 0 Å². The SMILES string of the molecule is CC[C@H]1OC(=O)C(C)(F)C(=O)[C@H](C)[C@@H](O[C@H]2[C@H](O)O[C@H](C)C[C@@H]2N(C)C)[C@](C)(OC/C=C\c2cnc3ccc(/C=N/O)cc3c2)C[C@@H](C)C(=O)[C@H](C)[C@H]2NC(=O)O[C@@]21C. The number of nitrogens with zero attached hydrogens (tertiary/aromatic N) is 3. The number of cyclic esters (lactones) is 1. The second-order valence-corrected chi connectivity index (χ2v) is 17.1. The van der Waals surface area contributed by atoms with Crippen LogP contribution in [0, 0.1) is 17.8 Å². The molecule has 0 spiro atoms. The lowest BCUT2D eigenvalue weighted by atomic mass is 9.73. The number of aliphatic hydroxyl groups excluding tert-OH is 1. The van der Waals surface area contributed by atoms with E-state index in [0.29, 0.717) is 12.0 Å². The van der Waals surface area contributed by atoms with Crippen molar-refractivity contribution in [3.05, 3.63) is 47.7 Å². The smallest absolute Gasteiger partial charge is 0.408 e. The molecule has 0 saturated carbocycles. The van der Waals surface area contributed by atoms with Crippen molar-refractivity contribution in [1.82, 2.24) is 15.2 Å². The van der Waals surface area contributed by atoms with E-state index in [0.717, 1.165) is 23.4 Å². The molecule has 59 heavy (non-hydrogen) atoms. The Hall–Kier alpha value is -4.35. The van der Waals surface area contributed by atoms with E-state index >= 15 is 4.39 Å². The van der Waals surface area contributed by atoms with Crippen LogP contribution in [0.4, 0.5) is 9.18 Å². The van der Waals surface area contributed by atoms with Gasteiger partial charge in [-0.05, 0) is 90.4 Å². The molecule has 0 bridgehead atoms. The summed E-state index contributed by atoms with van der Waals surface area (Å²) in [6.07, 6.45) is 0.670. The Bertz CT molecular complexity index is 1940. The fourth-order valence-electron chi connectivity index (χ4n) is 9.03. The first-order valence-electron chi connectivity index (χ1n) is 20.2. The first-order chi connectivity index (χ1) is 27.7. The fourth-order valence-corrected chi connectivity index (χ4v) is 9.03. The van der Waals surface area contributed by atoms with Gasteiger partial charge >= 0.3 is 12.1 Å². The Morgan fingerprint density at radius 2 is 1.76 bits per heavy atom. The lowest BCUT2D eigenvalue weighted by molar-refractivity contribution is -0.277. The number of pyridine rings is 1. The molecular formula is C43H59FN4O11. The van der Waals surface area contributed by atoms with E-state index in [9.17, 15) is 24.3 Å². The second-order valence-electron chi connectivity index (χ2n) is 17.1. The van der Waals surface area contributed by atoms with E-state index in [2.05, 4.69) is 15.5 Å². The summed E-state index contributed by atoms with van der Waals surface area (Å²) in [4.78, 5) is 61.8. The van der Waals surface area contributed by atoms with Crippen molar-refractivity contribution >= 4 is 46.8 Å². The van der Waals surface area contributed by atoms with Crippen molar-refractivity contribution in [3.63, 3.8) is 0 Å². The van der Waals surface area contributed by atoms with Gasteiger partial charge in [0.25, 0.3) is 5.67 Å². The van der Waals surface area contributed by atoms with Crippen LogP contribution in [0.1, 0.15) is 85.8 Å². The van der Waals surface area contributed by atoms with Gasteiger partial charge in [0.15, 0.2) is 17.7 Å². The molecule has 0 radical (unpaired) electrons. The Morgan fingerprint density at radius 1 is 1.07 bits per heavy atom. The van der Waals surface area contributed by atoms with Crippen molar-refractivity contribution in [2.24, 2.45) is 22.9 Å². The number of fused-ring (bicyclic) bond motifs is 2. The van der Waals surface area contributed by atoms with Gasteiger partial charge in [-0.25, -0.2) is 14.0 Å². The molecule has 3 aliphatic rings. The number of halogens is 1. The largest absolute Gasteiger partial charge is 0.455 e. The molecule has 5 rings (SSSR count). The van der Waals surface area contributed by atoms with Crippen LogP contribution in [0.2, 0.25) is 0 Å². The number of amides is 1. The zero-order valence-electron chi connectivity index (χ0n) is 35.5. The number of Topliss-reactive ketones (excluding diaryl/α,β-unsaturated/α-hetero) is 2. The standard InChI is InChI=1S/C43H59FN4O11/c1-11-32-43(8)35(47-40(53)59-43)25(4)33(49)23(2)20-41(6,55-16-12-13-27-18-29-19-28(22-46-54)14-15-30(29)45-21-27)37(26(5)36(50)42(7,44)39(52)57-32)58-34-31(48(9)10)17-24(3)56-38(34)51/h12-15,18-19,21-26,31-32,34-35,37-38,51,54H,11,16-17,20H2,1-10H3,(H,47,53)/b13-12-,46-22+/t23-,24-,25+,26+,31+,32-,34-,35-,37-,38-,41-,42?,43-/m1/s1. The number of alkyl halides is 1. The van der Waals surface area contributed by atoms with Gasteiger partial charge in [0.05, 0.1) is 42.2 Å². The summed E-state index contributed by atoms with van der Waals surface area (Å²) >= 11 is 0. The molecule has 3 aliphatic heterocycles. The number of benzene rings is 1. The van der Waals surface area contributed by atoms with Gasteiger partial charge in [-0.2, -0.15) is 0 Å². The monoisotopic (exact) mass is 826 g/mol. The van der Waals surface area contributed by atoms with E-state index in [-0.39, 0.29) is 31.3 Å². The molecular weight excluding hydrogens is 767 g/mol. The Labute approximate surface area is 344 Å². The van der Waals surface area contributed by atoms with Gasteiger partial charge in [-0.15, -0.1) is 0 Å². The van der Waals surface area contributed by atoms with E-state index in [1.807, 2.05) is 38.1 Å². The number of esters is 1. The summed E-state index contributed by atoms with van der Waals surface area (Å²) < 4.78 is 47.6. The number of aromatic nitrogens is 1. The molecule has 1 amide bonds. The summed E-state index contributed by atoms with van der Waals surface area (Å²) in [6, 6.07) is 5.88. The molecule has 1 unspecified atom stereocenters. The van der Waals surface area contributed by atoms with Gasteiger partial charge in [0.1, 0.15) is 18.0 Å². The molecule has 3 N–H and O–H groups in total. The first-order valence-corrected chi connectivity index (χ1v) is 20.2. The van der Waals surface area contributed by atoms with Gasteiger partial charge in [-0.3, -0.25) is 14.6 Å². The predicted molar refractivity (Wildman–Crippen MR) is 215 cm³/mol. The molecule has 1 aromatic heterocycles. The van der Waals surface area contributed by atoms with Gasteiger partial charge in [0.2, 0.25) is 0 Å². The highest BCUT2D eigenvalue weighted by Gasteiger charge is 2.59. The van der Waals surface area contributed by atoms with Crippen LogP contribution in [0.25, 0.3) is 17.0 Å². The Balaban J connectivity index is 1.59. The summed E-state index contributed by atoms with van der Waals surface area (Å²) in [5, 5.41) is 26.9. The highest BCUT2D eigenvalue weighted by atomic mass is 19.1. The lowest BCUT2D eigenvalue weighted by Gasteiger charge is -2.48. The number of nitrogens with one attached hydrogen (secondary N) is 1. The van der Waals surface area contributed by atoms with E-state index in [1.54, 1.807) is 58.2 Å². The number of aliphatic hydroxyl groups is 1. The van der Waals surface area contributed by atoms with Crippen molar-refractivity contribution < 1.29 is 57.6 Å². The lowest BCUT2D eigenvalue weighted by Crippen LogP contribution is -2.62. The summed E-state index contributed by atoms with van der Waals surface area (Å²) in [5.74, 6) is -6.03. The number of ketones is 2. The van der Waals surface area contributed by atoms with Crippen LogP contribution in [-0.2, 0) is 38.1 Å². The number of likely N-dealkylation sites (N-methyl/N-ethyl adjacent to an activating group) is 1. The maximum absolute atomic E-state index is 16.9. The topological polar surface area (TPSA) is 195 Å². The third-order valence-electron chi connectivity index (χ3n) is 12.2. The molecule has 2 aromatic rings. The molecule has 13 atom stereocenters. The number of carbonyl (C=O) groups is 4. The van der Waals surface area contributed by atoms with Crippen molar-refractivity contribution in [2.45, 2.75) is 134 Å².